The summed E-state index contributed by atoms with van der Waals surface area (Å²) in [6, 6.07) is 30.6. The second kappa shape index (κ2) is 14.7. The molecule has 44 heavy (non-hydrogen) atoms. The number of carbonyl (C=O) groups is 2. The molecule has 1 unspecified atom stereocenters. The molecule has 2 amide bonds. The van der Waals surface area contributed by atoms with Crippen molar-refractivity contribution in [2.24, 2.45) is 0 Å². The molecule has 9 heteroatoms. The molecule has 0 saturated carbocycles. The number of para-hydroxylation sites is 1. The van der Waals surface area contributed by atoms with Gasteiger partial charge in [-0.3, -0.25) is 13.9 Å². The number of benzene rings is 4. The van der Waals surface area contributed by atoms with E-state index in [1.54, 1.807) is 42.5 Å². The number of hydrogen-bond donors (Lipinski definition) is 1. The van der Waals surface area contributed by atoms with Crippen molar-refractivity contribution in [3.63, 3.8) is 0 Å². The summed E-state index contributed by atoms with van der Waals surface area (Å²) in [5, 5.41) is 2.91. The number of hydrogen-bond acceptors (Lipinski definition) is 5. The molecule has 0 saturated heterocycles. The highest BCUT2D eigenvalue weighted by molar-refractivity contribution is 7.92. The van der Waals surface area contributed by atoms with Crippen LogP contribution in [0.25, 0.3) is 0 Å². The first-order valence-corrected chi connectivity index (χ1v) is 16.1. The molecule has 1 atom stereocenters. The number of nitrogens with one attached hydrogen (secondary N) is 1. The Morgan fingerprint density at radius 1 is 0.818 bits per heavy atom. The van der Waals surface area contributed by atoms with Crippen LogP contribution >= 0.6 is 0 Å². The third-order valence-electron chi connectivity index (χ3n) is 6.97. The van der Waals surface area contributed by atoms with E-state index in [1.165, 1.54) is 17.0 Å². The van der Waals surface area contributed by atoms with Gasteiger partial charge in [0.25, 0.3) is 10.0 Å². The average Bonchev–Trinajstić information content (AvgIpc) is 3.01. The van der Waals surface area contributed by atoms with Crippen LogP contribution in [0.15, 0.2) is 114 Å². The molecule has 0 spiro atoms. The zero-order valence-corrected chi connectivity index (χ0v) is 26.3. The SMILES string of the molecule is CCC(C(=O)NC(C)C)N(Cc1cccc(C)c1)C(=O)CN(c1ccc(Oc2ccccc2)cc1)S(=O)(=O)c1ccccc1. The quantitative estimate of drug-likeness (QED) is 0.191. The highest BCUT2D eigenvalue weighted by Gasteiger charge is 2.33. The minimum absolute atomic E-state index is 0.0484. The minimum Gasteiger partial charge on any atom is -0.457 e. The summed E-state index contributed by atoms with van der Waals surface area (Å²) >= 11 is 0. The van der Waals surface area contributed by atoms with Crippen LogP contribution in [-0.4, -0.2) is 43.8 Å². The van der Waals surface area contributed by atoms with Gasteiger partial charge in [0.15, 0.2) is 0 Å². The molecule has 0 aromatic heterocycles. The lowest BCUT2D eigenvalue weighted by Gasteiger charge is -2.33. The van der Waals surface area contributed by atoms with Crippen molar-refractivity contribution >= 4 is 27.5 Å². The first-order valence-electron chi connectivity index (χ1n) is 14.6. The number of amides is 2. The molecule has 0 fully saturated rings. The summed E-state index contributed by atoms with van der Waals surface area (Å²) in [6.07, 6.45) is 0.354. The van der Waals surface area contributed by atoms with E-state index in [-0.39, 0.29) is 29.1 Å². The van der Waals surface area contributed by atoms with Crippen LogP contribution in [0.1, 0.15) is 38.3 Å². The molecule has 0 bridgehead atoms. The normalized spacial score (nSPS) is 11.9. The highest BCUT2D eigenvalue weighted by atomic mass is 32.2. The van der Waals surface area contributed by atoms with E-state index < -0.39 is 28.5 Å². The molecule has 8 nitrogen and oxygen atoms in total. The van der Waals surface area contributed by atoms with Crippen molar-refractivity contribution in [2.75, 3.05) is 10.8 Å². The summed E-state index contributed by atoms with van der Waals surface area (Å²) in [6.45, 7) is 7.15. The van der Waals surface area contributed by atoms with E-state index in [0.717, 1.165) is 15.4 Å². The van der Waals surface area contributed by atoms with Crippen molar-refractivity contribution in [1.82, 2.24) is 10.2 Å². The molecule has 4 rings (SSSR count). The van der Waals surface area contributed by atoms with Crippen LogP contribution in [0.3, 0.4) is 0 Å². The molecule has 0 heterocycles. The van der Waals surface area contributed by atoms with Crippen molar-refractivity contribution in [3.8, 4) is 11.5 Å². The van der Waals surface area contributed by atoms with Gasteiger partial charge in [-0.15, -0.1) is 0 Å². The number of rotatable bonds is 13. The largest absolute Gasteiger partial charge is 0.457 e. The number of anilines is 1. The van der Waals surface area contributed by atoms with Crippen molar-refractivity contribution in [2.45, 2.75) is 57.6 Å². The Morgan fingerprint density at radius 2 is 1.43 bits per heavy atom. The summed E-state index contributed by atoms with van der Waals surface area (Å²) in [5.41, 5.74) is 2.15. The zero-order chi connectivity index (χ0) is 31.7. The molecule has 0 aliphatic rings. The highest BCUT2D eigenvalue weighted by Crippen LogP contribution is 2.28. The van der Waals surface area contributed by atoms with Crippen molar-refractivity contribution < 1.29 is 22.7 Å². The summed E-state index contributed by atoms with van der Waals surface area (Å²) in [4.78, 5) is 29.0. The predicted molar refractivity (Wildman–Crippen MR) is 173 cm³/mol. The first-order chi connectivity index (χ1) is 21.1. The van der Waals surface area contributed by atoms with Gasteiger partial charge in [-0.25, -0.2) is 8.42 Å². The summed E-state index contributed by atoms with van der Waals surface area (Å²) in [7, 11) is -4.16. The van der Waals surface area contributed by atoms with Crippen LogP contribution in [-0.2, 0) is 26.2 Å². The van der Waals surface area contributed by atoms with Gasteiger partial charge in [-0.05, 0) is 81.3 Å². The molecule has 4 aromatic carbocycles. The first kappa shape index (κ1) is 32.3. The number of ether oxygens (including phenoxy) is 1. The zero-order valence-electron chi connectivity index (χ0n) is 25.5. The molecule has 0 aliphatic heterocycles. The van der Waals surface area contributed by atoms with Gasteiger partial charge in [0, 0.05) is 12.6 Å². The fourth-order valence-electron chi connectivity index (χ4n) is 4.86. The van der Waals surface area contributed by atoms with Gasteiger partial charge in [-0.1, -0.05) is 73.2 Å². The van der Waals surface area contributed by atoms with E-state index >= 15 is 0 Å². The van der Waals surface area contributed by atoms with Gasteiger partial charge in [0.1, 0.15) is 24.1 Å². The fourth-order valence-corrected chi connectivity index (χ4v) is 6.30. The van der Waals surface area contributed by atoms with E-state index in [4.69, 9.17) is 4.74 Å². The topological polar surface area (TPSA) is 96.0 Å². The Morgan fingerprint density at radius 3 is 2.02 bits per heavy atom. The van der Waals surface area contributed by atoms with E-state index in [2.05, 4.69) is 5.32 Å². The maximum absolute atomic E-state index is 14.2. The Bertz CT molecular complexity index is 1640. The van der Waals surface area contributed by atoms with Crippen molar-refractivity contribution in [1.29, 1.82) is 0 Å². The third kappa shape index (κ3) is 8.26. The monoisotopic (exact) mass is 613 g/mol. The number of sulfonamides is 1. The molecular weight excluding hydrogens is 574 g/mol. The van der Waals surface area contributed by atoms with E-state index in [0.29, 0.717) is 17.9 Å². The smallest absolute Gasteiger partial charge is 0.264 e. The van der Waals surface area contributed by atoms with Gasteiger partial charge < -0.3 is 15.0 Å². The van der Waals surface area contributed by atoms with E-state index in [9.17, 15) is 18.0 Å². The molecule has 4 aromatic rings. The third-order valence-corrected chi connectivity index (χ3v) is 8.75. The van der Waals surface area contributed by atoms with Gasteiger partial charge in [-0.2, -0.15) is 0 Å². The average molecular weight is 614 g/mol. The summed E-state index contributed by atoms with van der Waals surface area (Å²) in [5.74, 6) is 0.367. The lowest BCUT2D eigenvalue weighted by molar-refractivity contribution is -0.140. The van der Waals surface area contributed by atoms with Crippen LogP contribution in [0.5, 0.6) is 11.5 Å². The Labute approximate surface area is 260 Å². The molecule has 230 valence electrons. The summed E-state index contributed by atoms with van der Waals surface area (Å²) < 4.78 is 35.1. The fraction of sp³-hybridized carbons (Fsp3) is 0.257. The second-order valence-electron chi connectivity index (χ2n) is 10.8. The van der Waals surface area contributed by atoms with Gasteiger partial charge in [0.05, 0.1) is 10.6 Å². The van der Waals surface area contributed by atoms with Gasteiger partial charge >= 0.3 is 0 Å². The molecular formula is C35H39N3O5S. The maximum atomic E-state index is 14.2. The predicted octanol–water partition coefficient (Wildman–Crippen LogP) is 6.31. The number of nitrogens with zero attached hydrogens (tertiary/aromatic N) is 2. The lowest BCUT2D eigenvalue weighted by Crippen LogP contribution is -2.53. The maximum Gasteiger partial charge on any atom is 0.264 e. The van der Waals surface area contributed by atoms with E-state index in [1.807, 2.05) is 82.3 Å². The molecule has 0 aliphatic carbocycles. The van der Waals surface area contributed by atoms with Crippen LogP contribution in [0.2, 0.25) is 0 Å². The van der Waals surface area contributed by atoms with Crippen LogP contribution in [0, 0.1) is 6.92 Å². The van der Waals surface area contributed by atoms with Crippen LogP contribution in [0.4, 0.5) is 5.69 Å². The second-order valence-corrected chi connectivity index (χ2v) is 12.7. The molecule has 1 N–H and O–H groups in total. The lowest BCUT2D eigenvalue weighted by atomic mass is 10.1. The Kier molecular flexibility index (Phi) is 10.8. The Balaban J connectivity index is 1.72. The van der Waals surface area contributed by atoms with Crippen molar-refractivity contribution in [3.05, 3.63) is 120 Å². The minimum atomic E-state index is -4.16. The molecule has 0 radical (unpaired) electrons. The van der Waals surface area contributed by atoms with Crippen LogP contribution < -0.4 is 14.4 Å². The number of aryl methyl sites for hydroxylation is 1. The number of carbonyl (C=O) groups excluding carboxylic acids is 2. The van der Waals surface area contributed by atoms with Gasteiger partial charge in [0.2, 0.25) is 11.8 Å². The Hall–Kier alpha value is -4.63. The standard InChI is InChI=1S/C35H39N3O5S/c1-5-33(35(40)36-26(2)3)37(24-28-14-12-13-27(4)23-28)34(39)25-38(44(41,42)32-17-10-7-11-18-32)29-19-21-31(22-20-29)43-30-15-8-6-9-16-30/h6-23,26,33H,5,24-25H2,1-4H3,(H,36,40).